The number of aliphatic hydroxyl groups is 2. The summed E-state index contributed by atoms with van der Waals surface area (Å²) in [5.41, 5.74) is 0. The second-order valence-corrected chi connectivity index (χ2v) is 2.59. The van der Waals surface area contributed by atoms with Crippen molar-refractivity contribution in [2.45, 2.75) is 6.10 Å². The molecular formula is C9H10O5. The molecule has 0 heterocycles. The van der Waals surface area contributed by atoms with Crippen LogP contribution in [0.1, 0.15) is 0 Å². The number of esters is 1. The molecule has 1 aromatic carbocycles. The van der Waals surface area contributed by atoms with Gasteiger partial charge in [-0.05, 0) is 12.1 Å². The monoisotopic (exact) mass is 198 g/mol. The first-order valence-electron chi connectivity index (χ1n) is 3.93. The molecule has 1 rings (SSSR count). The lowest BCUT2D eigenvalue weighted by Crippen LogP contribution is -2.28. The zero-order chi connectivity index (χ0) is 10.6. The number of aromatic hydroxyl groups is 1. The van der Waals surface area contributed by atoms with Crippen LogP contribution in [0.3, 0.4) is 0 Å². The number of carbonyl (C=O) groups is 1. The molecule has 1 atom stereocenters. The third-order valence-electron chi connectivity index (χ3n) is 1.52. The van der Waals surface area contributed by atoms with Crippen molar-refractivity contribution in [2.75, 3.05) is 6.61 Å². The molecule has 0 aliphatic carbocycles. The highest BCUT2D eigenvalue weighted by Gasteiger charge is 2.17. The summed E-state index contributed by atoms with van der Waals surface area (Å²) in [5.74, 6) is -1.26. The van der Waals surface area contributed by atoms with Gasteiger partial charge in [-0.2, -0.15) is 0 Å². The Hall–Kier alpha value is -1.59. The summed E-state index contributed by atoms with van der Waals surface area (Å²) in [6, 6.07) is 5.84. The van der Waals surface area contributed by atoms with Gasteiger partial charge in [-0.15, -0.1) is 0 Å². The molecule has 0 saturated carbocycles. The Morgan fingerprint density at radius 2 is 2.07 bits per heavy atom. The van der Waals surface area contributed by atoms with Crippen LogP contribution in [0.25, 0.3) is 0 Å². The van der Waals surface area contributed by atoms with E-state index in [1.807, 2.05) is 0 Å². The van der Waals surface area contributed by atoms with Gasteiger partial charge in [0.15, 0.2) is 17.6 Å². The predicted molar refractivity (Wildman–Crippen MR) is 46.8 cm³/mol. The second kappa shape index (κ2) is 4.59. The van der Waals surface area contributed by atoms with Crippen molar-refractivity contribution in [2.24, 2.45) is 0 Å². The molecule has 0 radical (unpaired) electrons. The summed E-state index contributed by atoms with van der Waals surface area (Å²) >= 11 is 0. The minimum Gasteiger partial charge on any atom is -0.504 e. The summed E-state index contributed by atoms with van der Waals surface area (Å²) in [4.78, 5) is 11.0. The van der Waals surface area contributed by atoms with Crippen molar-refractivity contribution in [1.29, 1.82) is 0 Å². The van der Waals surface area contributed by atoms with E-state index in [1.54, 1.807) is 12.1 Å². The van der Waals surface area contributed by atoms with Gasteiger partial charge in [0.2, 0.25) is 0 Å². The van der Waals surface area contributed by atoms with Gasteiger partial charge in [0.1, 0.15) is 0 Å². The molecule has 0 saturated heterocycles. The molecule has 0 spiro atoms. The first-order chi connectivity index (χ1) is 6.65. The minimum atomic E-state index is -1.59. The van der Waals surface area contributed by atoms with Gasteiger partial charge >= 0.3 is 5.97 Å². The predicted octanol–water partition coefficient (Wildman–Crippen LogP) is -0.349. The van der Waals surface area contributed by atoms with Crippen LogP contribution < -0.4 is 4.74 Å². The number of hydrogen-bond donors (Lipinski definition) is 3. The average Bonchev–Trinajstić information content (AvgIpc) is 2.20. The molecule has 0 fully saturated rings. The third kappa shape index (κ3) is 2.45. The molecule has 1 unspecified atom stereocenters. The largest absolute Gasteiger partial charge is 0.504 e. The Labute approximate surface area is 80.2 Å². The van der Waals surface area contributed by atoms with Crippen LogP contribution in [0.2, 0.25) is 0 Å². The van der Waals surface area contributed by atoms with Gasteiger partial charge in [-0.25, -0.2) is 4.79 Å². The molecule has 1 aromatic rings. The second-order valence-electron chi connectivity index (χ2n) is 2.59. The fourth-order valence-corrected chi connectivity index (χ4v) is 0.794. The molecule has 0 bridgehead atoms. The molecule has 0 aliphatic rings. The Morgan fingerprint density at radius 1 is 1.43 bits per heavy atom. The summed E-state index contributed by atoms with van der Waals surface area (Å²) in [5, 5.41) is 26.5. The van der Waals surface area contributed by atoms with Crippen molar-refractivity contribution >= 4 is 5.97 Å². The highest BCUT2D eigenvalue weighted by atomic mass is 16.6. The van der Waals surface area contributed by atoms with E-state index in [-0.39, 0.29) is 11.5 Å². The van der Waals surface area contributed by atoms with E-state index in [0.717, 1.165) is 0 Å². The number of carbonyl (C=O) groups excluding carboxylic acids is 1. The van der Waals surface area contributed by atoms with E-state index in [4.69, 9.17) is 10.2 Å². The molecule has 0 aliphatic heterocycles. The van der Waals surface area contributed by atoms with E-state index in [9.17, 15) is 9.90 Å². The molecule has 14 heavy (non-hydrogen) atoms. The van der Waals surface area contributed by atoms with E-state index in [0.29, 0.717) is 0 Å². The number of rotatable bonds is 3. The van der Waals surface area contributed by atoms with Crippen LogP contribution in [0.4, 0.5) is 0 Å². The number of para-hydroxylation sites is 2. The van der Waals surface area contributed by atoms with Gasteiger partial charge in [0, 0.05) is 0 Å². The molecule has 0 amide bonds. The maximum atomic E-state index is 11.0. The standard InChI is InChI=1S/C9H10O5/c10-5-7(12)9(13)14-8-4-2-1-3-6(8)11/h1-4,7,10-12H,5H2. The Balaban J connectivity index is 2.70. The van der Waals surface area contributed by atoms with Crippen LogP contribution in [-0.2, 0) is 4.79 Å². The van der Waals surface area contributed by atoms with Crippen LogP contribution in [0, 0.1) is 0 Å². The fourth-order valence-electron chi connectivity index (χ4n) is 0.794. The highest BCUT2D eigenvalue weighted by Crippen LogP contribution is 2.24. The van der Waals surface area contributed by atoms with Crippen molar-refractivity contribution in [3.63, 3.8) is 0 Å². The number of ether oxygens (including phenoxy) is 1. The summed E-state index contributed by atoms with van der Waals surface area (Å²) in [6.07, 6.45) is -1.59. The molecule has 76 valence electrons. The summed E-state index contributed by atoms with van der Waals surface area (Å²) < 4.78 is 4.60. The normalized spacial score (nSPS) is 12.1. The average molecular weight is 198 g/mol. The van der Waals surface area contributed by atoms with Crippen LogP contribution in [0.15, 0.2) is 24.3 Å². The van der Waals surface area contributed by atoms with E-state index in [1.165, 1.54) is 12.1 Å². The molecule has 0 aromatic heterocycles. The third-order valence-corrected chi connectivity index (χ3v) is 1.52. The Bertz CT molecular complexity index is 323. The first-order valence-corrected chi connectivity index (χ1v) is 3.93. The topological polar surface area (TPSA) is 87.0 Å². The van der Waals surface area contributed by atoms with Gasteiger partial charge in [-0.3, -0.25) is 0 Å². The first kappa shape index (κ1) is 10.5. The van der Waals surface area contributed by atoms with E-state index < -0.39 is 18.7 Å². The zero-order valence-electron chi connectivity index (χ0n) is 7.25. The number of benzene rings is 1. The highest BCUT2D eigenvalue weighted by molar-refractivity contribution is 5.77. The smallest absolute Gasteiger partial charge is 0.342 e. The van der Waals surface area contributed by atoms with Gasteiger partial charge in [0.25, 0.3) is 0 Å². The number of hydrogen-bond acceptors (Lipinski definition) is 5. The molecule has 5 heteroatoms. The van der Waals surface area contributed by atoms with Crippen LogP contribution in [0.5, 0.6) is 11.5 Å². The maximum absolute atomic E-state index is 11.0. The molecule has 5 nitrogen and oxygen atoms in total. The quantitative estimate of drug-likeness (QED) is 0.456. The summed E-state index contributed by atoms with van der Waals surface area (Å²) in [6.45, 7) is -0.716. The van der Waals surface area contributed by atoms with Crippen LogP contribution >= 0.6 is 0 Å². The minimum absolute atomic E-state index is 0.0509. The van der Waals surface area contributed by atoms with Crippen LogP contribution in [-0.4, -0.2) is 34.0 Å². The van der Waals surface area contributed by atoms with Crippen molar-refractivity contribution in [3.05, 3.63) is 24.3 Å². The van der Waals surface area contributed by atoms with Gasteiger partial charge < -0.3 is 20.1 Å². The lowest BCUT2D eigenvalue weighted by atomic mass is 10.3. The van der Waals surface area contributed by atoms with Crippen molar-refractivity contribution < 1.29 is 24.9 Å². The van der Waals surface area contributed by atoms with Gasteiger partial charge in [-0.1, -0.05) is 12.1 Å². The number of phenols is 1. The maximum Gasteiger partial charge on any atom is 0.342 e. The van der Waals surface area contributed by atoms with E-state index >= 15 is 0 Å². The van der Waals surface area contributed by atoms with Gasteiger partial charge in [0.05, 0.1) is 6.61 Å². The number of phenolic OH excluding ortho intramolecular Hbond substituents is 1. The van der Waals surface area contributed by atoms with E-state index in [2.05, 4.69) is 4.74 Å². The van der Waals surface area contributed by atoms with Crippen molar-refractivity contribution in [1.82, 2.24) is 0 Å². The SMILES string of the molecule is O=C(Oc1ccccc1O)C(O)CO. The fraction of sp³-hybridized carbons (Fsp3) is 0.222. The Kier molecular flexibility index (Phi) is 3.44. The number of aliphatic hydroxyl groups excluding tert-OH is 2. The van der Waals surface area contributed by atoms with Crippen molar-refractivity contribution in [3.8, 4) is 11.5 Å². The Morgan fingerprint density at radius 3 is 2.64 bits per heavy atom. The molecule has 3 N–H and O–H groups in total. The molecular weight excluding hydrogens is 188 g/mol. The lowest BCUT2D eigenvalue weighted by molar-refractivity contribution is -0.145. The lowest BCUT2D eigenvalue weighted by Gasteiger charge is -2.08. The summed E-state index contributed by atoms with van der Waals surface area (Å²) in [7, 11) is 0. The zero-order valence-corrected chi connectivity index (χ0v) is 7.25.